The maximum absolute atomic E-state index is 3.33. The van der Waals surface area contributed by atoms with Gasteiger partial charge in [-0.25, -0.2) is 0 Å². The molecule has 12 radical (unpaired) electrons. The molecule has 0 spiro atoms. The molecule has 0 aliphatic heterocycles. The first kappa shape index (κ1) is 22.9. The van der Waals surface area contributed by atoms with Crippen LogP contribution >= 0.6 is 0 Å². The average Bonchev–Trinajstić information content (AvgIpc) is 3.23. The fourth-order valence-corrected chi connectivity index (χ4v) is 1.94. The molecular weight excluding hydrogens is 328 g/mol. The Morgan fingerprint density at radius 2 is 0.957 bits per heavy atom. The molecule has 2 heteroatoms. The van der Waals surface area contributed by atoms with E-state index in [9.17, 15) is 0 Å². The molecule has 0 heterocycles. The van der Waals surface area contributed by atoms with Gasteiger partial charge in [0.05, 0.1) is 8.07 Å². The predicted molar refractivity (Wildman–Crippen MR) is 98.4 cm³/mol. The summed E-state index contributed by atoms with van der Waals surface area (Å²) in [5.74, 6) is 0. The van der Waals surface area contributed by atoms with Gasteiger partial charge in [-0.1, -0.05) is 55.7 Å². The summed E-state index contributed by atoms with van der Waals surface area (Å²) in [7, 11) is -1.20. The van der Waals surface area contributed by atoms with Crippen molar-refractivity contribution < 1.29 is 21.7 Å². The third kappa shape index (κ3) is 15.2. The van der Waals surface area contributed by atoms with Gasteiger partial charge in [-0.3, -0.25) is 0 Å². The minimum Gasteiger partial charge on any atom is -0.0656 e. The van der Waals surface area contributed by atoms with Gasteiger partial charge in [0.15, 0.2) is 0 Å². The van der Waals surface area contributed by atoms with E-state index in [1.54, 1.807) is 0 Å². The molecule has 116 valence electrons. The molecule has 23 heavy (non-hydrogen) atoms. The van der Waals surface area contributed by atoms with Crippen LogP contribution in [0.2, 0.25) is 19.6 Å². The van der Waals surface area contributed by atoms with Crippen LogP contribution in [-0.4, -0.2) is 8.07 Å². The molecule has 1 aromatic carbocycles. The molecule has 2 saturated carbocycles. The average molecular weight is 352 g/mol. The van der Waals surface area contributed by atoms with Crippen LogP contribution in [0.5, 0.6) is 0 Å². The zero-order valence-corrected chi connectivity index (χ0v) is 16.7. The van der Waals surface area contributed by atoms with Crippen molar-refractivity contribution in [3.63, 3.8) is 0 Å². The molecule has 1 aromatic rings. The minimum atomic E-state index is -1.20. The van der Waals surface area contributed by atoms with E-state index in [0.29, 0.717) is 0 Å². The van der Waals surface area contributed by atoms with Gasteiger partial charge < -0.3 is 0 Å². The van der Waals surface area contributed by atoms with Crippen LogP contribution in [0.4, 0.5) is 0 Å². The normalized spacial score (nSPS) is 16.8. The fraction of sp³-hybridized carbons (Fsp3) is 0.143. The van der Waals surface area contributed by atoms with E-state index in [1.165, 1.54) is 0 Å². The smallest absolute Gasteiger partial charge is 0.0656 e. The second kappa shape index (κ2) is 14.3. The summed E-state index contributed by atoms with van der Waals surface area (Å²) >= 11 is 0. The van der Waals surface area contributed by atoms with Gasteiger partial charge in [0.1, 0.15) is 0 Å². The number of rotatable bonds is 2. The van der Waals surface area contributed by atoms with Gasteiger partial charge >= 0.3 is 0 Å². The van der Waals surface area contributed by atoms with E-state index < -0.39 is 8.07 Å². The summed E-state index contributed by atoms with van der Waals surface area (Å²) in [6, 6.07) is 10.2. The number of benzene rings is 1. The van der Waals surface area contributed by atoms with Gasteiger partial charge in [-0.15, -0.1) is 0 Å². The van der Waals surface area contributed by atoms with Crippen LogP contribution in [-0.2, 0) is 21.7 Å². The molecule has 0 amide bonds. The van der Waals surface area contributed by atoms with Crippen LogP contribution < -0.4 is 0 Å². The summed E-state index contributed by atoms with van der Waals surface area (Å²) in [5.41, 5.74) is 4.45. The SMILES string of the molecule is C[Si](C)(C)[C]=[C]c1ccccc1.[CH]1[CH][CH][CH][CH]1.[CH]1[CH][CH][CH][CH]1.[Ti]. The Hall–Kier alpha value is -0.109. The van der Waals surface area contributed by atoms with E-state index in [1.807, 2.05) is 94.5 Å². The Morgan fingerprint density at radius 1 is 0.609 bits per heavy atom. The molecule has 0 saturated heterocycles. The molecule has 0 aromatic heterocycles. The quantitative estimate of drug-likeness (QED) is 0.649. The molecular formula is C21H24SiTi. The van der Waals surface area contributed by atoms with Crippen LogP contribution in [0.25, 0.3) is 0 Å². The van der Waals surface area contributed by atoms with Gasteiger partial charge in [0, 0.05) is 21.7 Å². The van der Waals surface area contributed by atoms with Crippen molar-refractivity contribution in [1.82, 2.24) is 0 Å². The molecule has 0 nitrogen and oxygen atoms in total. The molecule has 3 rings (SSSR count). The molecule has 0 N–H and O–H groups in total. The Morgan fingerprint density at radius 3 is 1.26 bits per heavy atom. The molecule has 2 aliphatic rings. The van der Waals surface area contributed by atoms with Crippen molar-refractivity contribution >= 4 is 8.07 Å². The topological polar surface area (TPSA) is 0 Å². The summed E-state index contributed by atoms with van der Waals surface area (Å²) in [5, 5.41) is 0. The fourth-order valence-electron chi connectivity index (χ4n) is 1.42. The molecule has 0 unspecified atom stereocenters. The molecule has 2 fully saturated rings. The van der Waals surface area contributed by atoms with E-state index >= 15 is 0 Å². The van der Waals surface area contributed by atoms with E-state index in [4.69, 9.17) is 0 Å². The monoisotopic (exact) mass is 352 g/mol. The molecule has 0 bridgehead atoms. The second-order valence-corrected chi connectivity index (χ2v) is 10.5. The van der Waals surface area contributed by atoms with Crippen molar-refractivity contribution in [2.45, 2.75) is 19.6 Å². The zero-order valence-electron chi connectivity index (χ0n) is 14.2. The van der Waals surface area contributed by atoms with Crippen molar-refractivity contribution in [1.29, 1.82) is 0 Å². The summed E-state index contributed by atoms with van der Waals surface area (Å²) in [6.45, 7) is 6.76. The van der Waals surface area contributed by atoms with Crippen LogP contribution in [0.15, 0.2) is 30.3 Å². The number of hydrogen-bond donors (Lipinski definition) is 0. The van der Waals surface area contributed by atoms with Gasteiger partial charge in [0.2, 0.25) is 0 Å². The first-order chi connectivity index (χ1) is 10.6. The van der Waals surface area contributed by atoms with Crippen LogP contribution in [0.1, 0.15) is 5.56 Å². The molecule has 0 atom stereocenters. The Labute approximate surface area is 161 Å². The van der Waals surface area contributed by atoms with Gasteiger partial charge in [0.25, 0.3) is 0 Å². The van der Waals surface area contributed by atoms with E-state index in [2.05, 4.69) is 31.4 Å². The summed E-state index contributed by atoms with van der Waals surface area (Å²) in [6.07, 6.45) is 23.2. The van der Waals surface area contributed by atoms with Crippen molar-refractivity contribution in [3.8, 4) is 0 Å². The van der Waals surface area contributed by atoms with E-state index in [-0.39, 0.29) is 21.7 Å². The number of hydrogen-bond acceptors (Lipinski definition) is 0. The van der Waals surface area contributed by atoms with Crippen molar-refractivity contribution in [2.24, 2.45) is 0 Å². The Bertz CT molecular complexity index is 359. The van der Waals surface area contributed by atoms with Gasteiger partial charge in [-0.2, -0.15) is 0 Å². The third-order valence-corrected chi connectivity index (χ3v) is 3.34. The van der Waals surface area contributed by atoms with Gasteiger partial charge in [-0.05, 0) is 75.8 Å². The van der Waals surface area contributed by atoms with Crippen molar-refractivity contribution in [2.75, 3.05) is 0 Å². The third-order valence-electron chi connectivity index (χ3n) is 2.47. The Balaban J connectivity index is 0.000000362. The van der Waals surface area contributed by atoms with Crippen LogP contribution in [0.3, 0.4) is 0 Å². The zero-order chi connectivity index (χ0) is 16.1. The Kier molecular flexibility index (Phi) is 14.2. The molecule has 2 aliphatic carbocycles. The summed E-state index contributed by atoms with van der Waals surface area (Å²) in [4.78, 5) is 0. The minimum absolute atomic E-state index is 0. The van der Waals surface area contributed by atoms with Crippen LogP contribution in [0, 0.1) is 76.0 Å². The van der Waals surface area contributed by atoms with E-state index in [0.717, 1.165) is 5.56 Å². The first-order valence-corrected chi connectivity index (χ1v) is 11.0. The largest absolute Gasteiger partial charge is 0.0783 e. The second-order valence-electron chi connectivity index (χ2n) is 5.79. The first-order valence-electron chi connectivity index (χ1n) is 7.49. The summed E-state index contributed by atoms with van der Waals surface area (Å²) < 4.78 is 0. The maximum atomic E-state index is 3.33. The van der Waals surface area contributed by atoms with Crippen molar-refractivity contribution in [3.05, 3.63) is 112 Å². The maximum Gasteiger partial charge on any atom is 0.0783 e. The standard InChI is InChI=1S/C11H14Si.2C5H5.Ti/c1-12(2,3)10-9-11-7-5-4-6-8-11;2*1-2-4-5-3-1;/h4-8H,1-3H3;2*1-5H;. The predicted octanol–water partition coefficient (Wildman–Crippen LogP) is 5.12.